The summed E-state index contributed by atoms with van der Waals surface area (Å²) in [7, 11) is 0. The molecule has 1 heterocycles. The summed E-state index contributed by atoms with van der Waals surface area (Å²) in [6.45, 7) is 0. The van der Waals surface area contributed by atoms with Crippen molar-refractivity contribution in [3.63, 3.8) is 0 Å². The van der Waals surface area contributed by atoms with E-state index in [4.69, 9.17) is 23.2 Å². The Hall–Kier alpha value is -3.35. The zero-order chi connectivity index (χ0) is 20.4. The lowest BCUT2D eigenvalue weighted by atomic mass is 10.2. The van der Waals surface area contributed by atoms with Crippen molar-refractivity contribution in [2.75, 3.05) is 0 Å². The van der Waals surface area contributed by atoms with Gasteiger partial charge in [-0.1, -0.05) is 41.4 Å². The molecular weight excluding hydrogens is 411 g/mol. The molecule has 0 radical (unpaired) electrons. The average molecular weight is 425 g/mol. The molecule has 0 bridgehead atoms. The second-order valence-electron chi connectivity index (χ2n) is 6.21. The molecule has 1 amide bonds. The van der Waals surface area contributed by atoms with Crippen molar-refractivity contribution < 1.29 is 9.90 Å². The van der Waals surface area contributed by atoms with Gasteiger partial charge >= 0.3 is 0 Å². The number of carbonyl (C=O) groups excluding carboxylic acids is 1. The summed E-state index contributed by atoms with van der Waals surface area (Å²) in [5, 5.41) is 14.8. The van der Waals surface area contributed by atoms with E-state index in [1.807, 2.05) is 6.07 Å². The Labute approximate surface area is 175 Å². The standard InChI is InChI=1S/C21H14Cl2N4O2/c22-15-7-5-12(9-16(15)23)11-24-27-21(29)13-6-8-17-18(10-13)26-20(25-17)14-3-1-2-4-19(14)28/h1-11,28H,(H,25,26)(H,27,29)/b24-11+. The largest absolute Gasteiger partial charge is 0.507 e. The molecule has 8 heteroatoms. The van der Waals surface area contributed by atoms with Gasteiger partial charge in [0.05, 0.1) is 32.9 Å². The highest BCUT2D eigenvalue weighted by Crippen LogP contribution is 2.28. The fraction of sp³-hybridized carbons (Fsp3) is 0. The number of imidazole rings is 1. The van der Waals surface area contributed by atoms with Crippen LogP contribution in [0.1, 0.15) is 15.9 Å². The number of hydrogen-bond donors (Lipinski definition) is 3. The van der Waals surface area contributed by atoms with E-state index in [0.717, 1.165) is 0 Å². The quantitative estimate of drug-likeness (QED) is 0.317. The number of phenolic OH excluding ortho intramolecular Hbond substituents is 1. The van der Waals surface area contributed by atoms with Crippen LogP contribution in [0.4, 0.5) is 0 Å². The molecule has 29 heavy (non-hydrogen) atoms. The Morgan fingerprint density at radius 1 is 1.07 bits per heavy atom. The lowest BCUT2D eigenvalue weighted by Crippen LogP contribution is -2.17. The number of benzene rings is 3. The van der Waals surface area contributed by atoms with Gasteiger partial charge in [-0.3, -0.25) is 4.79 Å². The minimum absolute atomic E-state index is 0.126. The zero-order valence-electron chi connectivity index (χ0n) is 14.9. The maximum atomic E-state index is 12.4. The molecule has 6 nitrogen and oxygen atoms in total. The van der Waals surface area contributed by atoms with Crippen LogP contribution in [0, 0.1) is 0 Å². The summed E-state index contributed by atoms with van der Waals surface area (Å²) in [6, 6.07) is 17.0. The molecule has 0 unspecified atom stereocenters. The van der Waals surface area contributed by atoms with E-state index in [1.165, 1.54) is 6.21 Å². The van der Waals surface area contributed by atoms with E-state index < -0.39 is 0 Å². The number of hydrazone groups is 1. The van der Waals surface area contributed by atoms with Crippen molar-refractivity contribution in [2.45, 2.75) is 0 Å². The molecular formula is C21H14Cl2N4O2. The highest BCUT2D eigenvalue weighted by Gasteiger charge is 2.11. The van der Waals surface area contributed by atoms with Gasteiger partial charge in [-0.05, 0) is 48.0 Å². The summed E-state index contributed by atoms with van der Waals surface area (Å²) >= 11 is 11.8. The van der Waals surface area contributed by atoms with Crippen molar-refractivity contribution in [2.24, 2.45) is 5.10 Å². The van der Waals surface area contributed by atoms with E-state index in [0.29, 0.717) is 43.6 Å². The van der Waals surface area contributed by atoms with Crippen molar-refractivity contribution >= 4 is 46.4 Å². The Kier molecular flexibility index (Phi) is 5.20. The van der Waals surface area contributed by atoms with Crippen LogP contribution in [0.15, 0.2) is 65.8 Å². The number of aromatic amines is 1. The van der Waals surface area contributed by atoms with Crippen LogP contribution in [0.5, 0.6) is 5.75 Å². The van der Waals surface area contributed by atoms with Crippen molar-refractivity contribution in [3.05, 3.63) is 81.8 Å². The van der Waals surface area contributed by atoms with Crippen LogP contribution in [0.2, 0.25) is 10.0 Å². The Balaban J connectivity index is 1.53. The Morgan fingerprint density at radius 2 is 1.90 bits per heavy atom. The van der Waals surface area contributed by atoms with Gasteiger partial charge in [-0.2, -0.15) is 5.10 Å². The molecule has 1 aromatic heterocycles. The highest BCUT2D eigenvalue weighted by molar-refractivity contribution is 6.42. The van der Waals surface area contributed by atoms with Gasteiger partial charge in [0.2, 0.25) is 0 Å². The maximum absolute atomic E-state index is 12.4. The molecule has 3 aromatic carbocycles. The summed E-state index contributed by atoms with van der Waals surface area (Å²) in [6.07, 6.45) is 1.48. The third-order valence-corrected chi connectivity index (χ3v) is 4.97. The van der Waals surface area contributed by atoms with Crippen LogP contribution in [0.25, 0.3) is 22.4 Å². The topological polar surface area (TPSA) is 90.4 Å². The summed E-state index contributed by atoms with van der Waals surface area (Å²) in [5.74, 6) is 0.274. The van der Waals surface area contributed by atoms with Crippen LogP contribution in [-0.4, -0.2) is 27.2 Å². The van der Waals surface area contributed by atoms with E-state index in [2.05, 4.69) is 20.5 Å². The van der Waals surface area contributed by atoms with Crippen LogP contribution >= 0.6 is 23.2 Å². The number of hydrogen-bond acceptors (Lipinski definition) is 4. The lowest BCUT2D eigenvalue weighted by Gasteiger charge is -2.00. The smallest absolute Gasteiger partial charge is 0.271 e. The zero-order valence-corrected chi connectivity index (χ0v) is 16.4. The van der Waals surface area contributed by atoms with Crippen LogP contribution < -0.4 is 5.43 Å². The molecule has 144 valence electrons. The number of rotatable bonds is 4. The predicted molar refractivity (Wildman–Crippen MR) is 115 cm³/mol. The summed E-state index contributed by atoms with van der Waals surface area (Å²) in [4.78, 5) is 20.0. The number of phenols is 1. The Morgan fingerprint density at radius 3 is 2.69 bits per heavy atom. The number of nitrogens with zero attached hydrogens (tertiary/aromatic N) is 2. The first kappa shape index (κ1) is 19.0. The summed E-state index contributed by atoms with van der Waals surface area (Å²) in [5.41, 5.74) is 5.53. The second-order valence-corrected chi connectivity index (χ2v) is 7.02. The molecule has 0 fully saturated rings. The molecule has 0 aliphatic heterocycles. The van der Waals surface area contributed by atoms with Gasteiger partial charge in [-0.15, -0.1) is 0 Å². The predicted octanol–water partition coefficient (Wildman–Crippen LogP) is 5.01. The van der Waals surface area contributed by atoms with Gasteiger partial charge in [0.1, 0.15) is 11.6 Å². The number of para-hydroxylation sites is 1. The average Bonchev–Trinajstić information content (AvgIpc) is 3.14. The van der Waals surface area contributed by atoms with Gasteiger partial charge in [0, 0.05) is 5.56 Å². The first-order chi connectivity index (χ1) is 14.0. The maximum Gasteiger partial charge on any atom is 0.271 e. The normalized spacial score (nSPS) is 11.2. The van der Waals surface area contributed by atoms with E-state index >= 15 is 0 Å². The van der Waals surface area contributed by atoms with Gasteiger partial charge in [-0.25, -0.2) is 10.4 Å². The number of amides is 1. The van der Waals surface area contributed by atoms with Crippen molar-refractivity contribution in [1.82, 2.24) is 15.4 Å². The first-order valence-corrected chi connectivity index (χ1v) is 9.33. The molecule has 0 saturated carbocycles. The molecule has 4 aromatic rings. The molecule has 4 rings (SSSR count). The van der Waals surface area contributed by atoms with Crippen LogP contribution in [-0.2, 0) is 0 Å². The minimum Gasteiger partial charge on any atom is -0.507 e. The third-order valence-electron chi connectivity index (χ3n) is 4.23. The highest BCUT2D eigenvalue weighted by atomic mass is 35.5. The first-order valence-electron chi connectivity index (χ1n) is 8.58. The van der Waals surface area contributed by atoms with Gasteiger partial charge in [0.25, 0.3) is 5.91 Å². The SMILES string of the molecule is O=C(N/N=C/c1ccc(Cl)c(Cl)c1)c1ccc2nc(-c3ccccc3O)[nH]c2c1. The van der Waals surface area contributed by atoms with Crippen LogP contribution in [0.3, 0.4) is 0 Å². The molecule has 0 aliphatic carbocycles. The monoisotopic (exact) mass is 424 g/mol. The molecule has 3 N–H and O–H groups in total. The molecule has 0 spiro atoms. The van der Waals surface area contributed by atoms with Crippen molar-refractivity contribution in [3.8, 4) is 17.1 Å². The van der Waals surface area contributed by atoms with Gasteiger partial charge in [0.15, 0.2) is 0 Å². The molecule has 0 aliphatic rings. The number of fused-ring (bicyclic) bond motifs is 1. The lowest BCUT2D eigenvalue weighted by molar-refractivity contribution is 0.0955. The number of aromatic nitrogens is 2. The number of halogens is 2. The van der Waals surface area contributed by atoms with Gasteiger partial charge < -0.3 is 10.1 Å². The van der Waals surface area contributed by atoms with E-state index in [9.17, 15) is 9.90 Å². The fourth-order valence-corrected chi connectivity index (χ4v) is 3.08. The second kappa shape index (κ2) is 7.95. The third kappa shape index (κ3) is 4.08. The summed E-state index contributed by atoms with van der Waals surface area (Å²) < 4.78 is 0. The Bertz CT molecular complexity index is 1250. The molecule has 0 atom stereocenters. The van der Waals surface area contributed by atoms with E-state index in [-0.39, 0.29) is 11.7 Å². The van der Waals surface area contributed by atoms with E-state index in [1.54, 1.807) is 54.6 Å². The fourth-order valence-electron chi connectivity index (χ4n) is 2.77. The van der Waals surface area contributed by atoms with Crippen molar-refractivity contribution in [1.29, 1.82) is 0 Å². The number of aromatic hydroxyl groups is 1. The minimum atomic E-state index is -0.373. The number of H-pyrrole nitrogens is 1. The molecule has 0 saturated heterocycles. The number of nitrogens with one attached hydrogen (secondary N) is 2. The number of carbonyl (C=O) groups is 1.